The summed E-state index contributed by atoms with van der Waals surface area (Å²) in [7, 11) is 1.57. The van der Waals surface area contributed by atoms with Crippen molar-refractivity contribution in [1.29, 1.82) is 0 Å². The number of nitrogens with zero attached hydrogens (tertiary/aromatic N) is 1. The van der Waals surface area contributed by atoms with Crippen LogP contribution in [0.2, 0.25) is 0 Å². The first-order chi connectivity index (χ1) is 8.70. The van der Waals surface area contributed by atoms with E-state index in [1.807, 2.05) is 25.1 Å². The van der Waals surface area contributed by atoms with Gasteiger partial charge in [0.1, 0.15) is 11.4 Å². The molecular formula is C14H14N2O2. The van der Waals surface area contributed by atoms with E-state index in [0.29, 0.717) is 17.1 Å². The van der Waals surface area contributed by atoms with Crippen LogP contribution in [0.25, 0.3) is 0 Å². The van der Waals surface area contributed by atoms with Gasteiger partial charge in [-0.15, -0.1) is 0 Å². The normalized spacial score (nSPS) is 9.89. The summed E-state index contributed by atoms with van der Waals surface area (Å²) in [6.07, 6.45) is 1.59. The molecule has 2 rings (SSSR count). The van der Waals surface area contributed by atoms with Gasteiger partial charge in [0.15, 0.2) is 0 Å². The molecule has 0 radical (unpaired) electrons. The zero-order valence-electron chi connectivity index (χ0n) is 10.3. The number of anilines is 1. The number of benzene rings is 1. The number of methoxy groups -OCH3 is 1. The van der Waals surface area contributed by atoms with Crippen molar-refractivity contribution in [2.24, 2.45) is 0 Å². The van der Waals surface area contributed by atoms with Crippen molar-refractivity contribution in [2.75, 3.05) is 12.4 Å². The van der Waals surface area contributed by atoms with Gasteiger partial charge >= 0.3 is 0 Å². The monoisotopic (exact) mass is 242 g/mol. The molecule has 0 fully saturated rings. The minimum Gasteiger partial charge on any atom is -0.495 e. The molecule has 18 heavy (non-hydrogen) atoms. The van der Waals surface area contributed by atoms with Gasteiger partial charge in [-0.3, -0.25) is 9.78 Å². The van der Waals surface area contributed by atoms with Crippen LogP contribution in [0.4, 0.5) is 5.69 Å². The molecule has 92 valence electrons. The Kier molecular flexibility index (Phi) is 3.57. The van der Waals surface area contributed by atoms with Gasteiger partial charge in [0.05, 0.1) is 12.8 Å². The van der Waals surface area contributed by atoms with Gasteiger partial charge in [-0.05, 0) is 36.8 Å². The molecule has 0 saturated carbocycles. The molecular weight excluding hydrogens is 228 g/mol. The van der Waals surface area contributed by atoms with Gasteiger partial charge in [-0.2, -0.15) is 0 Å². The highest BCUT2D eigenvalue weighted by molar-refractivity contribution is 6.03. The smallest absolute Gasteiger partial charge is 0.274 e. The van der Waals surface area contributed by atoms with Crippen LogP contribution >= 0.6 is 0 Å². The molecule has 1 heterocycles. The maximum atomic E-state index is 12.0. The molecule has 0 aliphatic rings. The van der Waals surface area contributed by atoms with Crippen LogP contribution in [0.15, 0.2) is 42.6 Å². The number of carbonyl (C=O) groups is 1. The van der Waals surface area contributed by atoms with Crippen LogP contribution in [-0.2, 0) is 0 Å². The summed E-state index contributed by atoms with van der Waals surface area (Å²) in [6.45, 7) is 1.95. The summed E-state index contributed by atoms with van der Waals surface area (Å²) < 4.78 is 5.20. The molecule has 0 atom stereocenters. The highest BCUT2D eigenvalue weighted by atomic mass is 16.5. The van der Waals surface area contributed by atoms with Crippen LogP contribution in [0.5, 0.6) is 5.75 Å². The molecule has 0 bridgehead atoms. The Labute approximate surface area is 106 Å². The average Bonchev–Trinajstić information content (AvgIpc) is 2.40. The van der Waals surface area contributed by atoms with E-state index < -0.39 is 0 Å². The Bertz CT molecular complexity index is 553. The Morgan fingerprint density at radius 1 is 1.28 bits per heavy atom. The number of hydrogen-bond donors (Lipinski definition) is 1. The Hall–Kier alpha value is -2.36. The zero-order valence-corrected chi connectivity index (χ0v) is 10.3. The number of aryl methyl sites for hydroxylation is 1. The maximum Gasteiger partial charge on any atom is 0.274 e. The SMILES string of the molecule is COc1ccc(C)cc1NC(=O)c1ccccn1. The van der Waals surface area contributed by atoms with Gasteiger partial charge in [-0.25, -0.2) is 0 Å². The van der Waals surface area contributed by atoms with Crippen LogP contribution < -0.4 is 10.1 Å². The Morgan fingerprint density at radius 3 is 2.78 bits per heavy atom. The third-order valence-corrected chi connectivity index (χ3v) is 2.50. The summed E-state index contributed by atoms with van der Waals surface area (Å²) >= 11 is 0. The summed E-state index contributed by atoms with van der Waals surface area (Å²) in [6, 6.07) is 10.8. The van der Waals surface area contributed by atoms with E-state index in [1.54, 1.807) is 31.5 Å². The lowest BCUT2D eigenvalue weighted by molar-refractivity contribution is 0.102. The average molecular weight is 242 g/mol. The first-order valence-corrected chi connectivity index (χ1v) is 5.58. The second kappa shape index (κ2) is 5.31. The fourth-order valence-electron chi connectivity index (χ4n) is 1.60. The van der Waals surface area contributed by atoms with Crippen molar-refractivity contribution in [3.63, 3.8) is 0 Å². The first kappa shape index (κ1) is 12.1. The van der Waals surface area contributed by atoms with Gasteiger partial charge in [0, 0.05) is 6.20 Å². The summed E-state index contributed by atoms with van der Waals surface area (Å²) in [5.41, 5.74) is 2.07. The third-order valence-electron chi connectivity index (χ3n) is 2.50. The van der Waals surface area contributed by atoms with Crippen LogP contribution in [-0.4, -0.2) is 18.0 Å². The fourth-order valence-corrected chi connectivity index (χ4v) is 1.60. The number of nitrogens with one attached hydrogen (secondary N) is 1. The fraction of sp³-hybridized carbons (Fsp3) is 0.143. The number of rotatable bonds is 3. The molecule has 0 aliphatic carbocycles. The van der Waals surface area contributed by atoms with Crippen molar-refractivity contribution >= 4 is 11.6 Å². The molecule has 1 amide bonds. The largest absolute Gasteiger partial charge is 0.495 e. The second-order valence-corrected chi connectivity index (χ2v) is 3.87. The zero-order chi connectivity index (χ0) is 13.0. The van der Waals surface area contributed by atoms with Crippen molar-refractivity contribution in [3.05, 3.63) is 53.9 Å². The maximum absolute atomic E-state index is 12.0. The Balaban J connectivity index is 2.24. The van der Waals surface area contributed by atoms with E-state index in [0.717, 1.165) is 5.56 Å². The summed E-state index contributed by atoms with van der Waals surface area (Å²) in [5, 5.41) is 2.79. The lowest BCUT2D eigenvalue weighted by Gasteiger charge is -2.10. The van der Waals surface area contributed by atoms with Crippen LogP contribution in [0.3, 0.4) is 0 Å². The Morgan fingerprint density at radius 2 is 2.11 bits per heavy atom. The number of hydrogen-bond acceptors (Lipinski definition) is 3. The van der Waals surface area contributed by atoms with Gasteiger partial charge in [0.25, 0.3) is 5.91 Å². The summed E-state index contributed by atoms with van der Waals surface area (Å²) in [5.74, 6) is 0.379. The molecule has 0 spiro atoms. The van der Waals surface area contributed by atoms with E-state index >= 15 is 0 Å². The molecule has 0 saturated heterocycles. The molecule has 0 aliphatic heterocycles. The van der Waals surface area contributed by atoms with Crippen molar-refractivity contribution in [1.82, 2.24) is 4.98 Å². The molecule has 0 unspecified atom stereocenters. The van der Waals surface area contributed by atoms with Gasteiger partial charge in [-0.1, -0.05) is 12.1 Å². The molecule has 1 N–H and O–H groups in total. The lowest BCUT2D eigenvalue weighted by atomic mass is 10.2. The molecule has 1 aromatic heterocycles. The van der Waals surface area contributed by atoms with Crippen molar-refractivity contribution in [3.8, 4) is 5.75 Å². The minimum absolute atomic E-state index is 0.250. The van der Waals surface area contributed by atoms with Gasteiger partial charge in [0.2, 0.25) is 0 Å². The van der Waals surface area contributed by atoms with E-state index in [4.69, 9.17) is 4.74 Å². The highest BCUT2D eigenvalue weighted by Crippen LogP contribution is 2.25. The van der Waals surface area contributed by atoms with E-state index in [1.165, 1.54) is 0 Å². The number of ether oxygens (including phenoxy) is 1. The quantitative estimate of drug-likeness (QED) is 0.900. The highest BCUT2D eigenvalue weighted by Gasteiger charge is 2.10. The van der Waals surface area contributed by atoms with Crippen molar-refractivity contribution in [2.45, 2.75) is 6.92 Å². The van der Waals surface area contributed by atoms with E-state index in [-0.39, 0.29) is 5.91 Å². The number of pyridine rings is 1. The number of carbonyl (C=O) groups excluding carboxylic acids is 1. The predicted octanol–water partition coefficient (Wildman–Crippen LogP) is 2.65. The minimum atomic E-state index is -0.250. The molecule has 4 heteroatoms. The van der Waals surface area contributed by atoms with E-state index in [2.05, 4.69) is 10.3 Å². The molecule has 1 aromatic carbocycles. The van der Waals surface area contributed by atoms with Crippen LogP contribution in [0, 0.1) is 6.92 Å². The molecule has 4 nitrogen and oxygen atoms in total. The standard InChI is InChI=1S/C14H14N2O2/c1-10-6-7-13(18-2)12(9-10)16-14(17)11-5-3-4-8-15-11/h3-9H,1-2H3,(H,16,17). The summed E-state index contributed by atoms with van der Waals surface area (Å²) in [4.78, 5) is 16.0. The molecule has 2 aromatic rings. The number of aromatic nitrogens is 1. The predicted molar refractivity (Wildman–Crippen MR) is 69.9 cm³/mol. The van der Waals surface area contributed by atoms with Gasteiger partial charge < -0.3 is 10.1 Å². The first-order valence-electron chi connectivity index (χ1n) is 5.58. The second-order valence-electron chi connectivity index (χ2n) is 3.87. The lowest BCUT2D eigenvalue weighted by Crippen LogP contribution is -2.14. The van der Waals surface area contributed by atoms with Crippen molar-refractivity contribution < 1.29 is 9.53 Å². The van der Waals surface area contributed by atoms with E-state index in [9.17, 15) is 4.79 Å². The topological polar surface area (TPSA) is 51.2 Å². The number of amides is 1. The third kappa shape index (κ3) is 2.66. The van der Waals surface area contributed by atoms with Crippen LogP contribution in [0.1, 0.15) is 16.1 Å².